The molecule has 2 aromatic carbocycles. The van der Waals surface area contributed by atoms with Gasteiger partial charge in [0.1, 0.15) is 18.2 Å². The molecule has 33 heavy (non-hydrogen) atoms. The second kappa shape index (κ2) is 9.70. The summed E-state index contributed by atoms with van der Waals surface area (Å²) >= 11 is 6.05. The molecule has 1 fully saturated rings. The molecule has 2 heterocycles. The van der Waals surface area contributed by atoms with Crippen molar-refractivity contribution in [1.29, 1.82) is 0 Å². The van der Waals surface area contributed by atoms with Crippen LogP contribution < -0.4 is 9.64 Å². The molecule has 1 aliphatic rings. The van der Waals surface area contributed by atoms with Gasteiger partial charge in [-0.3, -0.25) is 4.79 Å². The predicted molar refractivity (Wildman–Crippen MR) is 120 cm³/mol. The molecule has 9 heteroatoms. The van der Waals surface area contributed by atoms with Gasteiger partial charge in [-0.25, -0.2) is 4.98 Å². The number of carbonyl (C=O) groups excluding carboxylic acids is 1. The maximum atomic E-state index is 12.9. The third kappa shape index (κ3) is 5.57. The van der Waals surface area contributed by atoms with Crippen molar-refractivity contribution >= 4 is 23.3 Å². The maximum Gasteiger partial charge on any atom is 0.417 e. The average molecular weight is 476 g/mol. The Labute approximate surface area is 194 Å². The van der Waals surface area contributed by atoms with E-state index in [1.807, 2.05) is 42.5 Å². The van der Waals surface area contributed by atoms with Crippen LogP contribution >= 0.6 is 11.6 Å². The fourth-order valence-electron chi connectivity index (χ4n) is 3.55. The first kappa shape index (κ1) is 22.9. The Morgan fingerprint density at radius 3 is 2.27 bits per heavy atom. The van der Waals surface area contributed by atoms with Crippen LogP contribution in [0.2, 0.25) is 5.02 Å². The highest BCUT2D eigenvalue weighted by atomic mass is 35.5. The second-order valence-corrected chi connectivity index (χ2v) is 8.01. The van der Waals surface area contributed by atoms with Crippen molar-refractivity contribution < 1.29 is 22.7 Å². The van der Waals surface area contributed by atoms with Gasteiger partial charge in [-0.2, -0.15) is 13.2 Å². The Morgan fingerprint density at radius 1 is 1.00 bits per heavy atom. The molecule has 172 valence electrons. The zero-order chi connectivity index (χ0) is 23.4. The van der Waals surface area contributed by atoms with Crippen LogP contribution in [0, 0.1) is 0 Å². The second-order valence-electron chi connectivity index (χ2n) is 7.61. The lowest BCUT2D eigenvalue weighted by atomic mass is 10.1. The predicted octanol–water partition coefficient (Wildman–Crippen LogP) is 5.30. The van der Waals surface area contributed by atoms with E-state index in [4.69, 9.17) is 16.3 Å². The number of nitrogens with zero attached hydrogens (tertiary/aromatic N) is 3. The Hall–Kier alpha value is -3.26. The molecule has 0 saturated carbocycles. The van der Waals surface area contributed by atoms with Crippen LogP contribution in [-0.2, 0) is 12.8 Å². The maximum absolute atomic E-state index is 12.9. The van der Waals surface area contributed by atoms with Crippen molar-refractivity contribution in [3.8, 4) is 5.75 Å². The molecule has 0 spiro atoms. The summed E-state index contributed by atoms with van der Waals surface area (Å²) in [5, 5.41) is -0.0575. The molecule has 1 aromatic heterocycles. The molecule has 1 amide bonds. The largest absolute Gasteiger partial charge is 0.489 e. The Morgan fingerprint density at radius 2 is 1.67 bits per heavy atom. The zero-order valence-electron chi connectivity index (χ0n) is 17.6. The van der Waals surface area contributed by atoms with Crippen LogP contribution in [0.4, 0.5) is 19.0 Å². The van der Waals surface area contributed by atoms with E-state index in [0.29, 0.717) is 44.2 Å². The topological polar surface area (TPSA) is 45.7 Å². The number of rotatable bonds is 5. The smallest absolute Gasteiger partial charge is 0.417 e. The quantitative estimate of drug-likeness (QED) is 0.502. The molecule has 0 aliphatic carbocycles. The van der Waals surface area contributed by atoms with Crippen LogP contribution in [0.3, 0.4) is 0 Å². The molecule has 0 bridgehead atoms. The van der Waals surface area contributed by atoms with Crippen molar-refractivity contribution in [2.75, 3.05) is 31.1 Å². The fraction of sp³-hybridized carbons (Fsp3) is 0.250. The number of piperazine rings is 1. The van der Waals surface area contributed by atoms with Crippen LogP contribution in [0.5, 0.6) is 5.75 Å². The van der Waals surface area contributed by atoms with Crippen LogP contribution in [0.15, 0.2) is 66.9 Å². The SMILES string of the molecule is O=C(c1ccc(COc2ccccc2)cc1)N1CCN(c2ncc(C(F)(F)F)cc2Cl)CC1. The summed E-state index contributed by atoms with van der Waals surface area (Å²) < 4.78 is 44.2. The molecule has 0 N–H and O–H groups in total. The molecular formula is C24H21ClF3N3O2. The standard InChI is InChI=1S/C24H21ClF3N3O2/c25-21-14-19(24(26,27)28)15-29-22(21)30-10-12-31(13-11-30)23(32)18-8-6-17(7-9-18)16-33-20-4-2-1-3-5-20/h1-9,14-15H,10-13,16H2. The molecule has 4 rings (SSSR count). The minimum absolute atomic E-state index is 0.0575. The Kier molecular flexibility index (Phi) is 6.74. The number of carbonyl (C=O) groups is 1. The highest BCUT2D eigenvalue weighted by Crippen LogP contribution is 2.33. The number of amides is 1. The number of pyridine rings is 1. The van der Waals surface area contributed by atoms with Crippen molar-refractivity contribution in [2.45, 2.75) is 12.8 Å². The van der Waals surface area contributed by atoms with E-state index >= 15 is 0 Å². The number of benzene rings is 2. The summed E-state index contributed by atoms with van der Waals surface area (Å²) in [6.45, 7) is 2.07. The first-order valence-electron chi connectivity index (χ1n) is 10.3. The lowest BCUT2D eigenvalue weighted by molar-refractivity contribution is -0.137. The fourth-order valence-corrected chi connectivity index (χ4v) is 3.84. The molecule has 3 aromatic rings. The number of aromatic nitrogens is 1. The van der Waals surface area contributed by atoms with Gasteiger partial charge in [0, 0.05) is 37.9 Å². The van der Waals surface area contributed by atoms with Crippen molar-refractivity contribution in [3.05, 3.63) is 88.6 Å². The summed E-state index contributed by atoms with van der Waals surface area (Å²) in [7, 11) is 0. The van der Waals surface area contributed by atoms with Gasteiger partial charge in [-0.15, -0.1) is 0 Å². The Balaban J connectivity index is 1.33. The van der Waals surface area contributed by atoms with Crippen LogP contribution in [-0.4, -0.2) is 42.0 Å². The number of ether oxygens (including phenoxy) is 1. The highest BCUT2D eigenvalue weighted by Gasteiger charge is 2.32. The summed E-state index contributed by atoms with van der Waals surface area (Å²) in [5.74, 6) is 0.967. The molecule has 0 unspecified atom stereocenters. The minimum atomic E-state index is -4.50. The van der Waals surface area contributed by atoms with Crippen molar-refractivity contribution in [2.24, 2.45) is 0 Å². The van der Waals surface area contributed by atoms with Gasteiger partial charge < -0.3 is 14.5 Å². The Bertz CT molecular complexity index is 1100. The molecular weight excluding hydrogens is 455 g/mol. The lowest BCUT2D eigenvalue weighted by Crippen LogP contribution is -2.49. The summed E-state index contributed by atoms with van der Waals surface area (Å²) in [5.41, 5.74) is 0.628. The number of para-hydroxylation sites is 1. The molecule has 1 saturated heterocycles. The first-order valence-corrected chi connectivity index (χ1v) is 10.7. The van der Waals surface area contributed by atoms with Gasteiger partial charge in [0.25, 0.3) is 5.91 Å². The first-order chi connectivity index (χ1) is 15.8. The van der Waals surface area contributed by atoms with Gasteiger partial charge >= 0.3 is 6.18 Å². The van der Waals surface area contributed by atoms with E-state index in [-0.39, 0.29) is 10.9 Å². The summed E-state index contributed by atoms with van der Waals surface area (Å²) in [4.78, 5) is 20.3. The van der Waals surface area contributed by atoms with Crippen LogP contribution in [0.25, 0.3) is 0 Å². The average Bonchev–Trinajstić information content (AvgIpc) is 2.83. The number of hydrogen-bond acceptors (Lipinski definition) is 4. The van der Waals surface area contributed by atoms with E-state index in [1.54, 1.807) is 21.9 Å². The third-order valence-electron chi connectivity index (χ3n) is 5.37. The molecule has 1 aliphatic heterocycles. The molecule has 0 atom stereocenters. The normalized spacial score (nSPS) is 14.3. The van der Waals surface area contributed by atoms with Gasteiger partial charge in [-0.1, -0.05) is 41.9 Å². The summed E-state index contributed by atoms with van der Waals surface area (Å²) in [6.07, 6.45) is -3.72. The minimum Gasteiger partial charge on any atom is -0.489 e. The van der Waals surface area contributed by atoms with Gasteiger partial charge in [0.15, 0.2) is 0 Å². The zero-order valence-corrected chi connectivity index (χ0v) is 18.3. The van der Waals surface area contributed by atoms with E-state index < -0.39 is 11.7 Å². The molecule has 5 nitrogen and oxygen atoms in total. The third-order valence-corrected chi connectivity index (χ3v) is 5.64. The lowest BCUT2D eigenvalue weighted by Gasteiger charge is -2.35. The van der Waals surface area contributed by atoms with Crippen LogP contribution in [0.1, 0.15) is 21.5 Å². The number of alkyl halides is 3. The number of anilines is 1. The van der Waals surface area contributed by atoms with Gasteiger partial charge in [-0.05, 0) is 35.9 Å². The summed E-state index contributed by atoms with van der Waals surface area (Å²) in [6, 6.07) is 17.6. The van der Waals surface area contributed by atoms with E-state index in [1.165, 1.54) is 0 Å². The van der Waals surface area contributed by atoms with E-state index in [9.17, 15) is 18.0 Å². The number of halogens is 4. The van der Waals surface area contributed by atoms with Crippen molar-refractivity contribution in [1.82, 2.24) is 9.88 Å². The van der Waals surface area contributed by atoms with E-state index in [0.717, 1.165) is 23.6 Å². The van der Waals surface area contributed by atoms with E-state index in [2.05, 4.69) is 4.98 Å². The molecule has 0 radical (unpaired) electrons. The van der Waals surface area contributed by atoms with Gasteiger partial charge in [0.05, 0.1) is 10.6 Å². The van der Waals surface area contributed by atoms with Gasteiger partial charge in [0.2, 0.25) is 0 Å². The number of hydrogen-bond donors (Lipinski definition) is 0. The highest BCUT2D eigenvalue weighted by molar-refractivity contribution is 6.33. The monoisotopic (exact) mass is 475 g/mol. The van der Waals surface area contributed by atoms with Crippen molar-refractivity contribution in [3.63, 3.8) is 0 Å².